The number of carbonyl (C=O) groups is 2. The van der Waals surface area contributed by atoms with E-state index in [4.69, 9.17) is 10.5 Å². The maximum Gasteiger partial charge on any atom is 0.290 e. The van der Waals surface area contributed by atoms with Crippen molar-refractivity contribution in [3.8, 4) is 6.07 Å². The highest BCUT2D eigenvalue weighted by Gasteiger charge is 2.08. The van der Waals surface area contributed by atoms with E-state index in [0.29, 0.717) is 0 Å². The molecule has 10 heavy (non-hydrogen) atoms. The van der Waals surface area contributed by atoms with Gasteiger partial charge in [-0.2, -0.15) is 5.26 Å². The van der Waals surface area contributed by atoms with E-state index in [1.54, 1.807) is 5.32 Å². The molecule has 0 saturated heterocycles. The van der Waals surface area contributed by atoms with Gasteiger partial charge >= 0.3 is 0 Å². The third kappa shape index (κ3) is 1.92. The van der Waals surface area contributed by atoms with Crippen LogP contribution in [0.3, 0.4) is 0 Å². The van der Waals surface area contributed by atoms with Crippen LogP contribution in [-0.2, 0) is 9.59 Å². The van der Waals surface area contributed by atoms with Crippen LogP contribution in [-0.4, -0.2) is 23.2 Å². The Morgan fingerprint density at radius 2 is 2.40 bits per heavy atom. The van der Waals surface area contributed by atoms with Gasteiger partial charge in [0.2, 0.25) is 12.1 Å². The first kappa shape index (κ1) is 8.10. The van der Waals surface area contributed by atoms with Gasteiger partial charge in [0.05, 0.1) is 0 Å². The average molecular weight is 141 g/mol. The first-order valence-electron chi connectivity index (χ1n) is 2.13. The summed E-state index contributed by atoms with van der Waals surface area (Å²) in [6.45, 7) is 0. The van der Waals surface area contributed by atoms with Gasteiger partial charge in [0.15, 0.2) is 0 Å². The van der Waals surface area contributed by atoms with Crippen LogP contribution < -0.4 is 5.32 Å². The van der Waals surface area contributed by atoms with Crippen LogP contribution in [0.4, 0.5) is 0 Å². The van der Waals surface area contributed by atoms with Gasteiger partial charge in [-0.3, -0.25) is 14.9 Å². The summed E-state index contributed by atoms with van der Waals surface area (Å²) in [6, 6.07) is 1.27. The molecule has 0 heterocycles. The molecule has 2 amide bonds. The summed E-state index contributed by atoms with van der Waals surface area (Å²) in [4.78, 5) is 19.9. The van der Waals surface area contributed by atoms with E-state index >= 15 is 0 Å². The van der Waals surface area contributed by atoms with E-state index in [1.165, 1.54) is 6.07 Å². The number of hydrogen-bond acceptors (Lipinski definition) is 5. The van der Waals surface area contributed by atoms with Gasteiger partial charge in [-0.05, 0) is 0 Å². The van der Waals surface area contributed by atoms with Gasteiger partial charge < -0.3 is 5.21 Å². The minimum absolute atomic E-state index is 0.0881. The van der Waals surface area contributed by atoms with Gasteiger partial charge in [-0.1, -0.05) is 5.16 Å². The minimum atomic E-state index is -1.03. The largest absolute Gasteiger partial charge is 0.410 e. The number of amides is 2. The Morgan fingerprint density at radius 3 is 2.70 bits per heavy atom. The van der Waals surface area contributed by atoms with Crippen LogP contribution in [0.15, 0.2) is 5.16 Å². The maximum absolute atomic E-state index is 10.3. The first-order valence-corrected chi connectivity index (χ1v) is 2.13. The molecule has 0 atom stereocenters. The Bertz CT molecular complexity index is 214. The van der Waals surface area contributed by atoms with Crippen molar-refractivity contribution in [1.82, 2.24) is 5.32 Å². The molecule has 6 nitrogen and oxygen atoms in total. The summed E-state index contributed by atoms with van der Waals surface area (Å²) in [5, 5.41) is 19.8. The molecule has 0 aromatic heterocycles. The van der Waals surface area contributed by atoms with Crippen LogP contribution in [0.5, 0.6) is 0 Å². The van der Waals surface area contributed by atoms with Crippen molar-refractivity contribution in [3.63, 3.8) is 0 Å². The molecule has 0 spiro atoms. The van der Waals surface area contributed by atoms with E-state index in [0.717, 1.165) is 0 Å². The molecule has 0 aliphatic rings. The highest BCUT2D eigenvalue weighted by Crippen LogP contribution is 1.72. The van der Waals surface area contributed by atoms with Gasteiger partial charge in [0.25, 0.3) is 5.91 Å². The van der Waals surface area contributed by atoms with E-state index < -0.39 is 11.6 Å². The van der Waals surface area contributed by atoms with Crippen LogP contribution >= 0.6 is 0 Å². The fourth-order valence-corrected chi connectivity index (χ4v) is 0.240. The van der Waals surface area contributed by atoms with E-state index in [-0.39, 0.29) is 6.41 Å². The Labute approximate surface area is 55.7 Å². The molecule has 0 aromatic rings. The number of oxime groups is 1. The Balaban J connectivity index is 4.21. The summed E-state index contributed by atoms with van der Waals surface area (Å²) in [5.41, 5.74) is -0.757. The van der Waals surface area contributed by atoms with Gasteiger partial charge in [0, 0.05) is 0 Å². The topological polar surface area (TPSA) is 103 Å². The fourth-order valence-electron chi connectivity index (χ4n) is 0.240. The smallest absolute Gasteiger partial charge is 0.290 e. The molecule has 0 unspecified atom stereocenters. The zero-order valence-corrected chi connectivity index (χ0v) is 4.74. The Morgan fingerprint density at radius 1 is 1.80 bits per heavy atom. The van der Waals surface area contributed by atoms with Crippen LogP contribution in [0.1, 0.15) is 0 Å². The normalized spacial score (nSPS) is 9.70. The lowest BCUT2D eigenvalue weighted by molar-refractivity contribution is -0.120. The predicted molar refractivity (Wildman–Crippen MR) is 29.0 cm³/mol. The highest BCUT2D eigenvalue weighted by atomic mass is 16.4. The third-order valence-electron chi connectivity index (χ3n) is 0.611. The zero-order chi connectivity index (χ0) is 7.98. The molecule has 0 aliphatic heterocycles. The molecule has 0 fully saturated rings. The molecule has 0 saturated carbocycles. The SMILES string of the molecule is N#C/C(=N/O)C(=O)NC=O. The molecule has 2 N–H and O–H groups in total. The van der Waals surface area contributed by atoms with Crippen LogP contribution in [0.25, 0.3) is 0 Å². The molecular weight excluding hydrogens is 138 g/mol. The zero-order valence-electron chi connectivity index (χ0n) is 4.74. The number of imide groups is 1. The van der Waals surface area contributed by atoms with Gasteiger partial charge in [-0.15, -0.1) is 0 Å². The molecule has 52 valence electrons. The molecular formula is C4H3N3O3. The van der Waals surface area contributed by atoms with Crippen molar-refractivity contribution < 1.29 is 14.8 Å². The van der Waals surface area contributed by atoms with E-state index in [2.05, 4.69) is 5.16 Å². The molecule has 0 aromatic carbocycles. The van der Waals surface area contributed by atoms with Crippen molar-refractivity contribution in [2.24, 2.45) is 5.16 Å². The van der Waals surface area contributed by atoms with E-state index in [9.17, 15) is 9.59 Å². The number of hydrogen-bond donors (Lipinski definition) is 2. The average Bonchev–Trinajstić information content (AvgIpc) is 1.91. The van der Waals surface area contributed by atoms with Crippen molar-refractivity contribution in [1.29, 1.82) is 5.26 Å². The monoisotopic (exact) mass is 141 g/mol. The van der Waals surface area contributed by atoms with Crippen LogP contribution in [0, 0.1) is 11.3 Å². The van der Waals surface area contributed by atoms with Crippen molar-refractivity contribution in [2.45, 2.75) is 0 Å². The third-order valence-corrected chi connectivity index (χ3v) is 0.611. The minimum Gasteiger partial charge on any atom is -0.410 e. The van der Waals surface area contributed by atoms with Crippen molar-refractivity contribution >= 4 is 18.0 Å². The Hall–Kier alpha value is -1.90. The number of rotatable bonds is 2. The highest BCUT2D eigenvalue weighted by molar-refractivity contribution is 6.46. The van der Waals surface area contributed by atoms with Crippen molar-refractivity contribution in [3.05, 3.63) is 0 Å². The second-order valence-corrected chi connectivity index (χ2v) is 1.15. The summed E-state index contributed by atoms with van der Waals surface area (Å²) >= 11 is 0. The summed E-state index contributed by atoms with van der Waals surface area (Å²) in [7, 11) is 0. The number of nitriles is 1. The second-order valence-electron chi connectivity index (χ2n) is 1.15. The quantitative estimate of drug-likeness (QED) is 0.214. The van der Waals surface area contributed by atoms with Gasteiger partial charge in [-0.25, -0.2) is 0 Å². The predicted octanol–water partition coefficient (Wildman–Crippen LogP) is -1.39. The summed E-state index contributed by atoms with van der Waals surface area (Å²) in [5.74, 6) is -1.03. The van der Waals surface area contributed by atoms with Gasteiger partial charge in [0.1, 0.15) is 6.07 Å². The first-order chi connectivity index (χ1) is 4.76. The van der Waals surface area contributed by atoms with Crippen LogP contribution in [0.2, 0.25) is 0 Å². The van der Waals surface area contributed by atoms with Crippen molar-refractivity contribution in [2.75, 3.05) is 0 Å². The standard InChI is InChI=1S/C4H3N3O3/c5-1-3(7-10)4(9)6-2-8/h2,10H,(H,6,8,9)/b7-3-. The molecule has 6 heteroatoms. The number of nitrogens with one attached hydrogen (secondary N) is 1. The Kier molecular flexibility index (Phi) is 3.26. The maximum atomic E-state index is 10.3. The lowest BCUT2D eigenvalue weighted by atomic mass is 10.4. The molecule has 0 radical (unpaired) electrons. The molecule has 0 bridgehead atoms. The lowest BCUT2D eigenvalue weighted by Gasteiger charge is -1.88. The van der Waals surface area contributed by atoms with E-state index in [1.807, 2.05) is 0 Å². The summed E-state index contributed by atoms with van der Waals surface area (Å²) < 4.78 is 0. The summed E-state index contributed by atoms with van der Waals surface area (Å²) in [6.07, 6.45) is 0.0881. The number of nitrogens with zero attached hydrogens (tertiary/aromatic N) is 2. The molecule has 0 rings (SSSR count). The second kappa shape index (κ2) is 4.03. The number of carbonyl (C=O) groups excluding carboxylic acids is 2. The fraction of sp³-hybridized carbons (Fsp3) is 0. The lowest BCUT2D eigenvalue weighted by Crippen LogP contribution is -2.28. The molecule has 0 aliphatic carbocycles.